The number of carbonyl (C=O) groups excluding carboxylic acids is 2. The van der Waals surface area contributed by atoms with Crippen LogP contribution in [-0.4, -0.2) is 34.8 Å². The summed E-state index contributed by atoms with van der Waals surface area (Å²) in [7, 11) is 1.40. The Morgan fingerprint density at radius 3 is 2.96 bits per heavy atom. The summed E-state index contributed by atoms with van der Waals surface area (Å²) in [6, 6.07) is 5.10. The summed E-state index contributed by atoms with van der Waals surface area (Å²) >= 11 is 0. The van der Waals surface area contributed by atoms with Crippen molar-refractivity contribution in [3.8, 4) is 0 Å². The quantitative estimate of drug-likeness (QED) is 0.837. The van der Waals surface area contributed by atoms with Gasteiger partial charge in [0.15, 0.2) is 5.76 Å². The molecule has 0 spiro atoms. The molecule has 0 aliphatic heterocycles. The molecule has 0 radical (unpaired) electrons. The molecule has 1 amide bonds. The third kappa shape index (κ3) is 2.94. The molecule has 7 heteroatoms. The molecule has 1 N–H and O–H groups in total. The van der Waals surface area contributed by atoms with E-state index in [2.05, 4.69) is 10.4 Å². The van der Waals surface area contributed by atoms with E-state index in [0.29, 0.717) is 24.1 Å². The first-order chi connectivity index (χ1) is 12.2. The number of methoxy groups -OCH3 is 1. The van der Waals surface area contributed by atoms with Gasteiger partial charge in [-0.25, -0.2) is 0 Å². The number of amides is 1. The number of fused-ring (bicyclic) bond motifs is 2. The molecule has 2 aromatic rings. The number of hydrogen-bond acceptors (Lipinski definition) is 5. The van der Waals surface area contributed by atoms with Gasteiger partial charge in [0, 0.05) is 18.4 Å². The molecule has 0 aromatic carbocycles. The summed E-state index contributed by atoms with van der Waals surface area (Å²) in [4.78, 5) is 24.7. The maximum atomic E-state index is 12.6. The molecule has 2 heterocycles. The number of hydrogen-bond donors (Lipinski definition) is 1. The van der Waals surface area contributed by atoms with E-state index >= 15 is 0 Å². The molecule has 2 saturated carbocycles. The molecule has 7 nitrogen and oxygen atoms in total. The summed E-state index contributed by atoms with van der Waals surface area (Å²) in [5, 5.41) is 7.13. The number of rotatable bonds is 5. The summed E-state index contributed by atoms with van der Waals surface area (Å²) in [5.41, 5.74) is 0. The third-order valence-electron chi connectivity index (χ3n) is 5.45. The minimum absolute atomic E-state index is 0.168. The number of furan rings is 1. The van der Waals surface area contributed by atoms with Crippen LogP contribution in [0.2, 0.25) is 0 Å². The Hall–Kier alpha value is -2.57. The number of esters is 1. The lowest BCUT2D eigenvalue weighted by Gasteiger charge is -2.29. The summed E-state index contributed by atoms with van der Waals surface area (Å²) in [6.07, 6.45) is 6.59. The minimum Gasteiger partial charge on any atom is -0.469 e. The predicted molar refractivity (Wildman–Crippen MR) is 87.6 cm³/mol. The maximum Gasteiger partial charge on any atom is 0.311 e. The first-order valence-corrected chi connectivity index (χ1v) is 8.60. The average Bonchev–Trinajstić information content (AvgIpc) is 3.39. The Labute approximate surface area is 145 Å². The smallest absolute Gasteiger partial charge is 0.311 e. The molecule has 0 unspecified atom stereocenters. The fraction of sp³-hybridized carbons (Fsp3) is 0.500. The van der Waals surface area contributed by atoms with Gasteiger partial charge in [0.05, 0.1) is 19.6 Å². The van der Waals surface area contributed by atoms with Crippen molar-refractivity contribution in [2.24, 2.45) is 17.8 Å². The Morgan fingerprint density at radius 2 is 2.20 bits per heavy atom. The van der Waals surface area contributed by atoms with Crippen LogP contribution in [0.15, 0.2) is 35.0 Å². The number of carbonyl (C=O) groups is 2. The molecular weight excluding hydrogens is 322 g/mol. The van der Waals surface area contributed by atoms with E-state index in [1.165, 1.54) is 7.11 Å². The van der Waals surface area contributed by atoms with Gasteiger partial charge in [-0.2, -0.15) is 5.10 Å². The Kier molecular flexibility index (Phi) is 4.07. The fourth-order valence-corrected chi connectivity index (χ4v) is 4.34. The van der Waals surface area contributed by atoms with E-state index in [0.717, 1.165) is 19.3 Å². The highest BCUT2D eigenvalue weighted by Crippen LogP contribution is 2.49. The van der Waals surface area contributed by atoms with Gasteiger partial charge in [-0.1, -0.05) is 0 Å². The SMILES string of the molecule is COC(=O)[C@H]1[C@H]2CC[C@@H](C2)[C@H]1NC(=O)c1ccc(Cn2cccn2)o1. The van der Waals surface area contributed by atoms with Gasteiger partial charge < -0.3 is 14.5 Å². The average molecular weight is 343 g/mol. The van der Waals surface area contributed by atoms with Crippen LogP contribution in [0.3, 0.4) is 0 Å². The summed E-state index contributed by atoms with van der Waals surface area (Å²) < 4.78 is 12.3. The molecule has 4 rings (SSSR count). The van der Waals surface area contributed by atoms with Crippen molar-refractivity contribution in [3.63, 3.8) is 0 Å². The monoisotopic (exact) mass is 343 g/mol. The molecule has 2 aliphatic rings. The second kappa shape index (κ2) is 6.38. The summed E-state index contributed by atoms with van der Waals surface area (Å²) in [5.74, 6) is 0.826. The lowest BCUT2D eigenvalue weighted by atomic mass is 9.84. The van der Waals surface area contributed by atoms with Crippen LogP contribution in [0.1, 0.15) is 35.6 Å². The fourth-order valence-electron chi connectivity index (χ4n) is 4.34. The van der Waals surface area contributed by atoms with Crippen molar-refractivity contribution >= 4 is 11.9 Å². The van der Waals surface area contributed by atoms with Crippen molar-refractivity contribution in [3.05, 3.63) is 42.1 Å². The van der Waals surface area contributed by atoms with Gasteiger partial charge in [0.25, 0.3) is 5.91 Å². The van der Waals surface area contributed by atoms with Crippen molar-refractivity contribution in [1.29, 1.82) is 0 Å². The Balaban J connectivity index is 1.44. The Bertz CT molecular complexity index is 767. The van der Waals surface area contributed by atoms with Gasteiger partial charge >= 0.3 is 5.97 Å². The highest BCUT2D eigenvalue weighted by molar-refractivity contribution is 5.92. The normalized spacial score (nSPS) is 27.4. The van der Waals surface area contributed by atoms with E-state index in [-0.39, 0.29) is 29.6 Å². The van der Waals surface area contributed by atoms with Crippen LogP contribution in [0.25, 0.3) is 0 Å². The van der Waals surface area contributed by atoms with E-state index in [1.54, 1.807) is 23.0 Å². The number of ether oxygens (including phenoxy) is 1. The van der Waals surface area contributed by atoms with Gasteiger partial charge in [-0.05, 0) is 49.3 Å². The van der Waals surface area contributed by atoms with Gasteiger partial charge in [-0.15, -0.1) is 0 Å². The number of aromatic nitrogens is 2. The zero-order valence-corrected chi connectivity index (χ0v) is 14.1. The molecule has 4 atom stereocenters. The highest BCUT2D eigenvalue weighted by Gasteiger charge is 2.52. The standard InChI is InChI=1S/C18H21N3O4/c1-24-18(23)15-11-3-4-12(9-11)16(15)20-17(22)14-6-5-13(25-14)10-21-8-2-7-19-21/h2,5-8,11-12,15-16H,3-4,9-10H2,1H3,(H,20,22)/t11-,12-,15-,16+/m0/s1. The zero-order chi connectivity index (χ0) is 17.4. The predicted octanol–water partition coefficient (Wildman–Crippen LogP) is 1.84. The molecule has 0 saturated heterocycles. The largest absolute Gasteiger partial charge is 0.469 e. The molecule has 2 aliphatic carbocycles. The zero-order valence-electron chi connectivity index (χ0n) is 14.1. The molecule has 25 heavy (non-hydrogen) atoms. The number of nitrogens with one attached hydrogen (secondary N) is 1. The molecule has 2 fully saturated rings. The van der Waals surface area contributed by atoms with Crippen LogP contribution >= 0.6 is 0 Å². The van der Waals surface area contributed by atoms with E-state index < -0.39 is 0 Å². The molecule has 132 valence electrons. The molecule has 2 aromatic heterocycles. The van der Waals surface area contributed by atoms with Crippen LogP contribution in [0, 0.1) is 17.8 Å². The lowest BCUT2D eigenvalue weighted by molar-refractivity contribution is -0.148. The van der Waals surface area contributed by atoms with Crippen molar-refractivity contribution < 1.29 is 18.7 Å². The van der Waals surface area contributed by atoms with Crippen molar-refractivity contribution in [2.75, 3.05) is 7.11 Å². The van der Waals surface area contributed by atoms with Crippen LogP contribution in [0.4, 0.5) is 0 Å². The van der Waals surface area contributed by atoms with E-state index in [4.69, 9.17) is 9.15 Å². The second-order valence-corrected chi connectivity index (χ2v) is 6.85. The van der Waals surface area contributed by atoms with Crippen LogP contribution in [-0.2, 0) is 16.1 Å². The van der Waals surface area contributed by atoms with Crippen molar-refractivity contribution in [2.45, 2.75) is 31.8 Å². The number of nitrogens with zero attached hydrogens (tertiary/aromatic N) is 2. The maximum absolute atomic E-state index is 12.6. The lowest BCUT2D eigenvalue weighted by Crippen LogP contribution is -2.47. The Morgan fingerprint density at radius 1 is 1.36 bits per heavy atom. The minimum atomic E-state index is -0.279. The first-order valence-electron chi connectivity index (χ1n) is 8.60. The van der Waals surface area contributed by atoms with Crippen LogP contribution in [0.5, 0.6) is 0 Å². The highest BCUT2D eigenvalue weighted by atomic mass is 16.5. The molecular formula is C18H21N3O4. The second-order valence-electron chi connectivity index (χ2n) is 6.85. The van der Waals surface area contributed by atoms with E-state index in [9.17, 15) is 9.59 Å². The van der Waals surface area contributed by atoms with Gasteiger partial charge in [0.1, 0.15) is 5.76 Å². The van der Waals surface area contributed by atoms with E-state index in [1.807, 2.05) is 12.3 Å². The topological polar surface area (TPSA) is 86.4 Å². The van der Waals surface area contributed by atoms with Crippen LogP contribution < -0.4 is 5.32 Å². The van der Waals surface area contributed by atoms with Crippen molar-refractivity contribution in [1.82, 2.24) is 15.1 Å². The van der Waals surface area contributed by atoms with Gasteiger partial charge in [0.2, 0.25) is 0 Å². The first kappa shape index (κ1) is 15.9. The summed E-state index contributed by atoms with van der Waals surface area (Å²) in [6.45, 7) is 0.471. The molecule has 2 bridgehead atoms. The van der Waals surface area contributed by atoms with Gasteiger partial charge in [-0.3, -0.25) is 14.3 Å². The third-order valence-corrected chi connectivity index (χ3v) is 5.45.